The van der Waals surface area contributed by atoms with E-state index in [0.717, 1.165) is 18.2 Å². The monoisotopic (exact) mass is 578 g/mol. The molecule has 39 heavy (non-hydrogen) atoms. The molecule has 0 aliphatic carbocycles. The van der Waals surface area contributed by atoms with Crippen LogP contribution in [0.1, 0.15) is 5.56 Å². The number of carbonyl (C=O) groups excluding carboxylic acids is 1. The van der Waals surface area contributed by atoms with Crippen LogP contribution in [0.5, 0.6) is 11.5 Å². The van der Waals surface area contributed by atoms with Crippen molar-refractivity contribution in [2.75, 3.05) is 17.2 Å². The molecule has 3 aromatic heterocycles. The molecule has 0 aliphatic rings. The SMILES string of the molecule is C[Si](C)(C)CCOCn1cc(Cl)c2c(Oc3ccc(NC(=O)Nc4cccnn4)cc3C(F)(F)F)ccnc21. The van der Waals surface area contributed by atoms with Gasteiger partial charge in [0.15, 0.2) is 5.82 Å². The van der Waals surface area contributed by atoms with Crippen molar-refractivity contribution in [1.82, 2.24) is 19.7 Å². The van der Waals surface area contributed by atoms with Crippen LogP contribution in [0.15, 0.2) is 55.0 Å². The molecule has 0 unspecified atom stereocenters. The van der Waals surface area contributed by atoms with Crippen LogP contribution in [-0.2, 0) is 17.6 Å². The number of alkyl halides is 3. The number of pyridine rings is 1. The van der Waals surface area contributed by atoms with Gasteiger partial charge >= 0.3 is 12.2 Å². The number of fused-ring (bicyclic) bond motifs is 1. The van der Waals surface area contributed by atoms with E-state index in [4.69, 9.17) is 21.1 Å². The maximum Gasteiger partial charge on any atom is 0.420 e. The molecule has 206 valence electrons. The van der Waals surface area contributed by atoms with Gasteiger partial charge in [-0.25, -0.2) is 9.78 Å². The highest BCUT2D eigenvalue weighted by Crippen LogP contribution is 2.42. The van der Waals surface area contributed by atoms with Gasteiger partial charge < -0.3 is 19.4 Å². The number of aromatic nitrogens is 4. The molecule has 3 heterocycles. The largest absolute Gasteiger partial charge is 0.456 e. The number of nitrogens with zero attached hydrogens (tertiary/aromatic N) is 4. The fourth-order valence-corrected chi connectivity index (χ4v) is 4.60. The van der Waals surface area contributed by atoms with Crippen molar-refractivity contribution in [3.63, 3.8) is 0 Å². The zero-order valence-electron chi connectivity index (χ0n) is 21.3. The number of hydrogen-bond donors (Lipinski definition) is 2. The van der Waals surface area contributed by atoms with E-state index < -0.39 is 31.6 Å². The number of anilines is 2. The topological polar surface area (TPSA) is 103 Å². The molecule has 0 saturated heterocycles. The Hall–Kier alpha value is -3.68. The van der Waals surface area contributed by atoms with E-state index in [9.17, 15) is 18.0 Å². The smallest absolute Gasteiger partial charge is 0.420 e. The van der Waals surface area contributed by atoms with Crippen LogP contribution >= 0.6 is 11.6 Å². The average Bonchev–Trinajstić information content (AvgIpc) is 3.18. The minimum atomic E-state index is -4.78. The minimum absolute atomic E-state index is 0.0949. The number of urea groups is 1. The predicted molar refractivity (Wildman–Crippen MR) is 145 cm³/mol. The normalized spacial score (nSPS) is 12.0. The first-order valence-electron chi connectivity index (χ1n) is 11.9. The maximum absolute atomic E-state index is 14.0. The number of nitrogens with one attached hydrogen (secondary N) is 2. The fraction of sp³-hybridized carbons (Fsp3) is 0.280. The number of amides is 2. The highest BCUT2D eigenvalue weighted by Gasteiger charge is 2.35. The summed E-state index contributed by atoms with van der Waals surface area (Å²) in [5.74, 6) is -0.236. The van der Waals surface area contributed by atoms with Crippen molar-refractivity contribution in [1.29, 1.82) is 0 Å². The van der Waals surface area contributed by atoms with Crippen LogP contribution in [-0.4, -0.2) is 40.5 Å². The van der Waals surface area contributed by atoms with Gasteiger partial charge in [0.1, 0.15) is 29.4 Å². The summed E-state index contributed by atoms with van der Waals surface area (Å²) in [6.45, 7) is 7.51. The first kappa shape index (κ1) is 28.3. The molecule has 0 atom stereocenters. The molecule has 9 nitrogen and oxygen atoms in total. The number of halogens is 4. The van der Waals surface area contributed by atoms with E-state index in [2.05, 4.69) is 45.5 Å². The quantitative estimate of drug-likeness (QED) is 0.160. The third-order valence-corrected chi connectivity index (χ3v) is 7.47. The lowest BCUT2D eigenvalue weighted by molar-refractivity contribution is -0.138. The van der Waals surface area contributed by atoms with Gasteiger partial charge in [0.2, 0.25) is 0 Å². The second-order valence-electron chi connectivity index (χ2n) is 9.80. The van der Waals surface area contributed by atoms with Crippen molar-refractivity contribution in [3.05, 3.63) is 65.6 Å². The summed E-state index contributed by atoms with van der Waals surface area (Å²) < 4.78 is 55.2. The van der Waals surface area contributed by atoms with Crippen LogP contribution in [0, 0.1) is 0 Å². The standard InChI is InChI=1S/C25H26ClF3N6O3Si/c1-39(2,3)12-11-37-15-35-14-18(26)22-20(8-10-30-23(22)35)38-19-7-6-16(13-17(19)25(27,28)29)32-24(36)33-21-5-4-9-31-34-21/h4-10,13-14H,11-12,15H2,1-3H3,(H2,32,33,34,36). The molecule has 0 saturated carbocycles. The molecular weight excluding hydrogens is 553 g/mol. The molecule has 0 radical (unpaired) electrons. The molecule has 0 fully saturated rings. The highest BCUT2D eigenvalue weighted by molar-refractivity contribution is 6.76. The van der Waals surface area contributed by atoms with Gasteiger partial charge in [0.25, 0.3) is 0 Å². The van der Waals surface area contributed by atoms with E-state index in [1.807, 2.05) is 0 Å². The lowest BCUT2D eigenvalue weighted by atomic mass is 10.1. The fourth-order valence-electron chi connectivity index (χ4n) is 3.55. The zero-order valence-corrected chi connectivity index (χ0v) is 23.1. The number of benzene rings is 1. The summed E-state index contributed by atoms with van der Waals surface area (Å²) in [7, 11) is -1.27. The summed E-state index contributed by atoms with van der Waals surface area (Å²) in [6.07, 6.45) is -0.333. The van der Waals surface area contributed by atoms with Gasteiger partial charge in [-0.2, -0.15) is 18.3 Å². The lowest BCUT2D eigenvalue weighted by Crippen LogP contribution is -2.22. The van der Waals surface area contributed by atoms with Crippen LogP contribution in [0.25, 0.3) is 11.0 Å². The molecule has 4 rings (SSSR count). The molecule has 0 bridgehead atoms. The van der Waals surface area contributed by atoms with Crippen LogP contribution in [0.4, 0.5) is 29.5 Å². The van der Waals surface area contributed by atoms with Crippen molar-refractivity contribution in [2.45, 2.75) is 38.6 Å². The van der Waals surface area contributed by atoms with Crippen LogP contribution in [0.3, 0.4) is 0 Å². The Labute approximate surface area is 228 Å². The van der Waals surface area contributed by atoms with Gasteiger partial charge in [0.05, 0.1) is 10.4 Å². The van der Waals surface area contributed by atoms with E-state index in [0.29, 0.717) is 17.6 Å². The second kappa shape index (κ2) is 11.6. The Morgan fingerprint density at radius 1 is 1.10 bits per heavy atom. The molecule has 2 amide bonds. The summed E-state index contributed by atoms with van der Waals surface area (Å²) in [5.41, 5.74) is -0.774. The van der Waals surface area contributed by atoms with Crippen LogP contribution in [0.2, 0.25) is 30.7 Å². The Balaban J connectivity index is 1.56. The Kier molecular flexibility index (Phi) is 8.42. The van der Waals surface area contributed by atoms with E-state index in [1.165, 1.54) is 30.6 Å². The molecule has 4 aromatic rings. The second-order valence-corrected chi connectivity index (χ2v) is 15.8. The first-order chi connectivity index (χ1) is 18.4. The van der Waals surface area contributed by atoms with E-state index in [1.54, 1.807) is 16.8 Å². The number of carbonyl (C=O) groups is 1. The van der Waals surface area contributed by atoms with Crippen molar-refractivity contribution in [2.24, 2.45) is 0 Å². The van der Waals surface area contributed by atoms with Gasteiger partial charge in [-0.05, 0) is 42.4 Å². The van der Waals surface area contributed by atoms with Crippen molar-refractivity contribution in [3.8, 4) is 11.5 Å². The Morgan fingerprint density at radius 2 is 1.90 bits per heavy atom. The summed E-state index contributed by atoms with van der Waals surface area (Å²) in [4.78, 5) is 16.5. The summed E-state index contributed by atoms with van der Waals surface area (Å²) >= 11 is 6.44. The molecular formula is C25H26ClF3N6O3Si. The third kappa shape index (κ3) is 7.46. The minimum Gasteiger partial charge on any atom is -0.456 e. The predicted octanol–water partition coefficient (Wildman–Crippen LogP) is 7.25. The lowest BCUT2D eigenvalue weighted by Gasteiger charge is -2.16. The van der Waals surface area contributed by atoms with Gasteiger partial charge in [-0.3, -0.25) is 5.32 Å². The summed E-state index contributed by atoms with van der Waals surface area (Å²) in [6, 6.07) is 7.86. The number of rotatable bonds is 9. The van der Waals surface area contributed by atoms with E-state index >= 15 is 0 Å². The molecule has 0 aliphatic heterocycles. The van der Waals surface area contributed by atoms with Crippen molar-refractivity contribution >= 4 is 48.2 Å². The average molecular weight is 579 g/mol. The van der Waals surface area contributed by atoms with E-state index in [-0.39, 0.29) is 29.0 Å². The third-order valence-electron chi connectivity index (χ3n) is 5.48. The van der Waals surface area contributed by atoms with Gasteiger partial charge in [-0.15, -0.1) is 5.10 Å². The molecule has 0 spiro atoms. The molecule has 14 heteroatoms. The maximum atomic E-state index is 14.0. The first-order valence-corrected chi connectivity index (χ1v) is 15.9. The van der Waals surface area contributed by atoms with Crippen LogP contribution < -0.4 is 15.4 Å². The molecule has 1 aromatic carbocycles. The van der Waals surface area contributed by atoms with Gasteiger partial charge in [-0.1, -0.05) is 31.2 Å². The van der Waals surface area contributed by atoms with Crippen molar-refractivity contribution < 1.29 is 27.4 Å². The number of ether oxygens (including phenoxy) is 2. The summed E-state index contributed by atoms with van der Waals surface area (Å²) in [5, 5.41) is 12.7. The zero-order chi connectivity index (χ0) is 28.2. The Morgan fingerprint density at radius 3 is 2.59 bits per heavy atom. The Bertz CT molecular complexity index is 1460. The number of hydrogen-bond acceptors (Lipinski definition) is 6. The highest BCUT2D eigenvalue weighted by atomic mass is 35.5. The van der Waals surface area contributed by atoms with Gasteiger partial charge in [0, 0.05) is 39.0 Å². The molecule has 2 N–H and O–H groups in total.